The van der Waals surface area contributed by atoms with Crippen LogP contribution in [0.3, 0.4) is 0 Å². The van der Waals surface area contributed by atoms with Gasteiger partial charge in [-0.2, -0.15) is 0 Å². The van der Waals surface area contributed by atoms with E-state index in [9.17, 15) is 9.18 Å². The Morgan fingerprint density at radius 1 is 1.43 bits per heavy atom. The smallest absolute Gasteiger partial charge is 0.257 e. The number of nitrogens with one attached hydrogen (secondary N) is 1. The molecule has 1 aromatic rings. The van der Waals surface area contributed by atoms with Crippen LogP contribution in [0.4, 0.5) is 10.2 Å². The lowest BCUT2D eigenvalue weighted by Gasteiger charge is -2.23. The summed E-state index contributed by atoms with van der Waals surface area (Å²) in [6.45, 7) is 8.26. The Hall–Kier alpha value is -1.65. The van der Waals surface area contributed by atoms with E-state index in [1.165, 1.54) is 12.3 Å². The number of nitrogens with zero attached hydrogens (tertiary/aromatic N) is 2. The number of carbonyl (C=O) groups excluding carboxylic acids is 1. The van der Waals surface area contributed by atoms with E-state index < -0.39 is 5.82 Å². The Morgan fingerprint density at radius 2 is 2.19 bits per heavy atom. The van der Waals surface area contributed by atoms with Crippen LogP contribution in [0.1, 0.15) is 50.4 Å². The van der Waals surface area contributed by atoms with Gasteiger partial charge in [-0.3, -0.25) is 4.79 Å². The number of anilines is 1. The Morgan fingerprint density at radius 3 is 2.90 bits per heavy atom. The first-order valence-corrected chi connectivity index (χ1v) is 7.62. The fourth-order valence-corrected chi connectivity index (χ4v) is 2.70. The van der Waals surface area contributed by atoms with Crippen LogP contribution in [0, 0.1) is 11.2 Å². The molecule has 0 saturated carbocycles. The summed E-state index contributed by atoms with van der Waals surface area (Å²) in [6, 6.07) is 1.47. The molecule has 116 valence electrons. The third-order valence-electron chi connectivity index (χ3n) is 4.09. The minimum atomic E-state index is -0.548. The number of likely N-dealkylation sites (tertiary alicyclic amines) is 1. The second kappa shape index (κ2) is 6.41. The Bertz CT molecular complexity index is 516. The van der Waals surface area contributed by atoms with Gasteiger partial charge in [-0.15, -0.1) is 0 Å². The zero-order valence-corrected chi connectivity index (χ0v) is 13.1. The molecule has 1 saturated heterocycles. The molecule has 1 aliphatic heterocycles. The van der Waals surface area contributed by atoms with Crippen molar-refractivity contribution in [2.24, 2.45) is 5.41 Å². The Kier molecular flexibility index (Phi) is 4.80. The molecule has 0 aromatic carbocycles. The van der Waals surface area contributed by atoms with Crippen molar-refractivity contribution in [2.75, 3.05) is 25.0 Å². The van der Waals surface area contributed by atoms with Crippen LogP contribution in [-0.2, 0) is 0 Å². The van der Waals surface area contributed by atoms with Crippen molar-refractivity contribution in [2.45, 2.75) is 40.0 Å². The van der Waals surface area contributed by atoms with E-state index in [2.05, 4.69) is 24.1 Å². The number of pyridine rings is 1. The van der Waals surface area contributed by atoms with Crippen LogP contribution >= 0.6 is 0 Å². The van der Waals surface area contributed by atoms with Crippen LogP contribution in [0.15, 0.2) is 12.3 Å². The average molecular weight is 293 g/mol. The summed E-state index contributed by atoms with van der Waals surface area (Å²) in [6.07, 6.45) is 4.49. The van der Waals surface area contributed by atoms with Gasteiger partial charge in [0.1, 0.15) is 0 Å². The third-order valence-corrected chi connectivity index (χ3v) is 4.09. The summed E-state index contributed by atoms with van der Waals surface area (Å²) in [4.78, 5) is 18.3. The van der Waals surface area contributed by atoms with Gasteiger partial charge in [0, 0.05) is 25.8 Å². The lowest BCUT2D eigenvalue weighted by atomic mass is 9.85. The van der Waals surface area contributed by atoms with E-state index in [0.717, 1.165) is 19.3 Å². The van der Waals surface area contributed by atoms with E-state index in [1.807, 2.05) is 6.92 Å². The van der Waals surface area contributed by atoms with E-state index in [4.69, 9.17) is 0 Å². The van der Waals surface area contributed by atoms with Crippen LogP contribution in [0.5, 0.6) is 0 Å². The maximum atomic E-state index is 14.3. The SMILES string of the molecule is CCNc1nccc(C(=O)N2CCCC(C)(C)CC2)c1F. The fraction of sp³-hybridized carbons (Fsp3) is 0.625. The summed E-state index contributed by atoms with van der Waals surface area (Å²) < 4.78 is 14.3. The van der Waals surface area contributed by atoms with Gasteiger partial charge >= 0.3 is 0 Å². The van der Waals surface area contributed by atoms with Crippen LogP contribution in [0.2, 0.25) is 0 Å². The average Bonchev–Trinajstić information content (AvgIpc) is 2.62. The molecule has 21 heavy (non-hydrogen) atoms. The van der Waals surface area contributed by atoms with E-state index in [-0.39, 0.29) is 22.7 Å². The van der Waals surface area contributed by atoms with Crippen molar-refractivity contribution < 1.29 is 9.18 Å². The predicted octanol–water partition coefficient (Wildman–Crippen LogP) is 3.30. The molecule has 4 nitrogen and oxygen atoms in total. The molecule has 1 aliphatic rings. The van der Waals surface area contributed by atoms with E-state index >= 15 is 0 Å². The first kappa shape index (κ1) is 15.7. The Balaban J connectivity index is 2.18. The van der Waals surface area contributed by atoms with Gasteiger partial charge in [-0.05, 0) is 37.7 Å². The van der Waals surface area contributed by atoms with Crippen molar-refractivity contribution in [3.8, 4) is 0 Å². The lowest BCUT2D eigenvalue weighted by Crippen LogP contribution is -2.33. The normalized spacial score (nSPS) is 18.2. The van der Waals surface area contributed by atoms with Crippen molar-refractivity contribution in [1.29, 1.82) is 0 Å². The molecule has 1 amide bonds. The molecular formula is C16H24FN3O. The number of aromatic nitrogens is 1. The minimum Gasteiger partial charge on any atom is -0.368 e. The van der Waals surface area contributed by atoms with E-state index in [1.54, 1.807) is 4.90 Å². The van der Waals surface area contributed by atoms with Crippen molar-refractivity contribution >= 4 is 11.7 Å². The summed E-state index contributed by atoms with van der Waals surface area (Å²) in [7, 11) is 0. The first-order valence-electron chi connectivity index (χ1n) is 7.62. The highest BCUT2D eigenvalue weighted by Gasteiger charge is 2.27. The Labute approximate surface area is 125 Å². The van der Waals surface area contributed by atoms with Gasteiger partial charge in [0.25, 0.3) is 5.91 Å². The lowest BCUT2D eigenvalue weighted by molar-refractivity contribution is 0.0752. The van der Waals surface area contributed by atoms with Crippen molar-refractivity contribution in [1.82, 2.24) is 9.88 Å². The number of halogens is 1. The highest BCUT2D eigenvalue weighted by atomic mass is 19.1. The van der Waals surface area contributed by atoms with Crippen LogP contribution < -0.4 is 5.32 Å². The minimum absolute atomic E-state index is 0.112. The summed E-state index contributed by atoms with van der Waals surface area (Å²) in [5.74, 6) is -0.627. The van der Waals surface area contributed by atoms with Crippen molar-refractivity contribution in [3.63, 3.8) is 0 Å². The quantitative estimate of drug-likeness (QED) is 0.930. The maximum absolute atomic E-state index is 14.3. The van der Waals surface area contributed by atoms with Crippen LogP contribution in [-0.4, -0.2) is 35.4 Å². The molecule has 0 atom stereocenters. The molecule has 2 rings (SSSR count). The summed E-state index contributed by atoms with van der Waals surface area (Å²) in [5, 5.41) is 2.84. The monoisotopic (exact) mass is 293 g/mol. The molecule has 0 unspecified atom stereocenters. The molecular weight excluding hydrogens is 269 g/mol. The zero-order valence-electron chi connectivity index (χ0n) is 13.1. The second-order valence-electron chi connectivity index (χ2n) is 6.36. The molecule has 0 spiro atoms. The second-order valence-corrected chi connectivity index (χ2v) is 6.36. The highest BCUT2D eigenvalue weighted by molar-refractivity contribution is 5.95. The van der Waals surface area contributed by atoms with Gasteiger partial charge < -0.3 is 10.2 Å². The van der Waals surface area contributed by atoms with Gasteiger partial charge in [-0.1, -0.05) is 13.8 Å². The molecule has 1 N–H and O–H groups in total. The van der Waals surface area contributed by atoms with Gasteiger partial charge in [0.05, 0.1) is 5.56 Å². The number of hydrogen-bond acceptors (Lipinski definition) is 3. The molecule has 0 radical (unpaired) electrons. The third kappa shape index (κ3) is 3.71. The first-order chi connectivity index (χ1) is 9.94. The fourth-order valence-electron chi connectivity index (χ4n) is 2.70. The number of rotatable bonds is 3. The van der Waals surface area contributed by atoms with Gasteiger partial charge in [0.15, 0.2) is 11.6 Å². The molecule has 2 heterocycles. The predicted molar refractivity (Wildman–Crippen MR) is 81.9 cm³/mol. The molecule has 5 heteroatoms. The molecule has 0 aliphatic carbocycles. The number of hydrogen-bond donors (Lipinski definition) is 1. The summed E-state index contributed by atoms with van der Waals surface area (Å²) in [5.41, 5.74) is 0.362. The topological polar surface area (TPSA) is 45.2 Å². The van der Waals surface area contributed by atoms with Gasteiger partial charge in [0.2, 0.25) is 0 Å². The maximum Gasteiger partial charge on any atom is 0.257 e. The molecule has 1 fully saturated rings. The number of carbonyl (C=O) groups is 1. The van der Waals surface area contributed by atoms with Crippen molar-refractivity contribution in [3.05, 3.63) is 23.6 Å². The molecule has 1 aromatic heterocycles. The van der Waals surface area contributed by atoms with Crippen LogP contribution in [0.25, 0.3) is 0 Å². The molecule has 0 bridgehead atoms. The zero-order chi connectivity index (χ0) is 15.5. The highest BCUT2D eigenvalue weighted by Crippen LogP contribution is 2.30. The largest absolute Gasteiger partial charge is 0.368 e. The standard InChI is InChI=1S/C16H24FN3O/c1-4-18-14-13(17)12(6-9-19-14)15(21)20-10-5-7-16(2,3)8-11-20/h6,9H,4-5,7-8,10-11H2,1-3H3,(H,18,19). The van der Waals surface area contributed by atoms with E-state index in [0.29, 0.717) is 19.6 Å². The van der Waals surface area contributed by atoms with Gasteiger partial charge in [-0.25, -0.2) is 9.37 Å². The number of amides is 1. The summed E-state index contributed by atoms with van der Waals surface area (Å²) >= 11 is 0.